The molecule has 1 unspecified atom stereocenters. The number of ether oxygens (including phenoxy) is 1. The minimum atomic E-state index is -0.436. The van der Waals surface area contributed by atoms with E-state index < -0.39 is 6.09 Å². The second kappa shape index (κ2) is 5.67. The fraction of sp³-hybridized carbons (Fsp3) is 0.294. The molecule has 2 aromatic rings. The van der Waals surface area contributed by atoms with Gasteiger partial charge in [-0.3, -0.25) is 9.69 Å². The zero-order valence-electron chi connectivity index (χ0n) is 12.6. The van der Waals surface area contributed by atoms with E-state index in [4.69, 9.17) is 4.74 Å². The molecule has 1 aromatic carbocycles. The largest absolute Gasteiger partial charge is 0.449 e. The van der Waals surface area contributed by atoms with E-state index in [0.29, 0.717) is 6.61 Å². The van der Waals surface area contributed by atoms with Crippen LogP contribution >= 0.6 is 0 Å². The maximum Gasteiger partial charge on any atom is 0.414 e. The van der Waals surface area contributed by atoms with Gasteiger partial charge in [0.1, 0.15) is 5.78 Å². The van der Waals surface area contributed by atoms with Crippen LogP contribution in [0.3, 0.4) is 0 Å². The molecule has 114 valence electrons. The monoisotopic (exact) mass is 298 g/mol. The number of carbonyl (C=O) groups excluding carboxylic acids is 2. The highest BCUT2D eigenvalue weighted by molar-refractivity contribution is 5.92. The van der Waals surface area contributed by atoms with Gasteiger partial charge in [0.15, 0.2) is 0 Å². The van der Waals surface area contributed by atoms with Crippen LogP contribution in [0.4, 0.5) is 4.79 Å². The number of aromatic nitrogens is 1. The van der Waals surface area contributed by atoms with Crippen molar-refractivity contribution in [3.05, 3.63) is 41.7 Å². The fourth-order valence-electron chi connectivity index (χ4n) is 2.88. The molecule has 1 N–H and O–H groups in total. The Morgan fingerprint density at radius 3 is 2.82 bits per heavy atom. The topological polar surface area (TPSA) is 62.4 Å². The highest BCUT2D eigenvalue weighted by Gasteiger charge is 2.32. The number of aromatic amines is 1. The number of ketones is 1. The average molecular weight is 298 g/mol. The number of fused-ring (bicyclic) bond motifs is 3. The zero-order valence-corrected chi connectivity index (χ0v) is 12.6. The maximum atomic E-state index is 12.1. The molecule has 3 rings (SSSR count). The van der Waals surface area contributed by atoms with Crippen LogP contribution in [0.15, 0.2) is 30.5 Å². The Kier molecular flexibility index (Phi) is 3.71. The number of amides is 1. The third-order valence-corrected chi connectivity index (χ3v) is 3.81. The van der Waals surface area contributed by atoms with E-state index in [0.717, 1.165) is 22.2 Å². The Morgan fingerprint density at radius 1 is 1.32 bits per heavy atom. The number of hydrogen-bond donors (Lipinski definition) is 1. The first-order valence-corrected chi connectivity index (χ1v) is 7.35. The van der Waals surface area contributed by atoms with Gasteiger partial charge in [-0.05, 0) is 26.0 Å². The highest BCUT2D eigenvalue weighted by Crippen LogP contribution is 2.37. The molecule has 5 nitrogen and oxygen atoms in total. The molecule has 0 bridgehead atoms. The number of nitrogens with one attached hydrogen (secondary N) is 1. The van der Waals surface area contributed by atoms with Crippen molar-refractivity contribution < 1.29 is 14.3 Å². The molecule has 0 saturated heterocycles. The second-order valence-electron chi connectivity index (χ2n) is 5.34. The SMILES string of the molecule is CCOC(=O)N1C=Cc2c([nH]c3ccccc23)C1CC(C)=O. The Labute approximate surface area is 128 Å². The molecule has 0 spiro atoms. The van der Waals surface area contributed by atoms with E-state index in [2.05, 4.69) is 4.98 Å². The van der Waals surface area contributed by atoms with E-state index in [1.165, 1.54) is 11.8 Å². The number of benzene rings is 1. The van der Waals surface area contributed by atoms with Crippen LogP contribution < -0.4 is 0 Å². The number of H-pyrrole nitrogens is 1. The smallest absolute Gasteiger partial charge is 0.414 e. The molecule has 1 aliphatic rings. The molecule has 0 radical (unpaired) electrons. The van der Waals surface area contributed by atoms with Crippen molar-refractivity contribution >= 4 is 28.9 Å². The lowest BCUT2D eigenvalue weighted by Crippen LogP contribution is -2.34. The first kappa shape index (κ1) is 14.4. The van der Waals surface area contributed by atoms with Gasteiger partial charge in [-0.1, -0.05) is 18.2 Å². The third-order valence-electron chi connectivity index (χ3n) is 3.81. The predicted octanol–water partition coefficient (Wildman–Crippen LogP) is 3.63. The summed E-state index contributed by atoms with van der Waals surface area (Å²) in [5.41, 5.74) is 2.91. The summed E-state index contributed by atoms with van der Waals surface area (Å²) in [7, 11) is 0. The summed E-state index contributed by atoms with van der Waals surface area (Å²) in [5, 5.41) is 1.09. The Hall–Kier alpha value is -2.56. The van der Waals surface area contributed by atoms with E-state index in [9.17, 15) is 9.59 Å². The minimum Gasteiger partial charge on any atom is -0.449 e. The van der Waals surface area contributed by atoms with E-state index in [1.807, 2.05) is 30.3 Å². The predicted molar refractivity (Wildman–Crippen MR) is 84.2 cm³/mol. The van der Waals surface area contributed by atoms with Crippen molar-refractivity contribution in [2.24, 2.45) is 0 Å². The van der Waals surface area contributed by atoms with Gasteiger partial charge in [-0.25, -0.2) is 4.79 Å². The molecular weight excluding hydrogens is 280 g/mol. The van der Waals surface area contributed by atoms with E-state index in [1.54, 1.807) is 13.1 Å². The van der Waals surface area contributed by atoms with Crippen molar-refractivity contribution in [2.75, 3.05) is 6.61 Å². The maximum absolute atomic E-state index is 12.1. The quantitative estimate of drug-likeness (QED) is 0.941. The Morgan fingerprint density at radius 2 is 2.09 bits per heavy atom. The van der Waals surface area contributed by atoms with Gasteiger partial charge < -0.3 is 9.72 Å². The summed E-state index contributed by atoms with van der Waals surface area (Å²) < 4.78 is 5.09. The Balaban J connectivity index is 2.08. The van der Waals surface area contributed by atoms with Crippen molar-refractivity contribution in [1.82, 2.24) is 9.88 Å². The third kappa shape index (κ3) is 2.39. The summed E-state index contributed by atoms with van der Waals surface area (Å²) >= 11 is 0. The normalized spacial score (nSPS) is 16.6. The van der Waals surface area contributed by atoms with E-state index >= 15 is 0 Å². The van der Waals surface area contributed by atoms with Crippen molar-refractivity contribution in [3.63, 3.8) is 0 Å². The minimum absolute atomic E-state index is 0.0270. The average Bonchev–Trinajstić information content (AvgIpc) is 2.86. The number of hydrogen-bond acceptors (Lipinski definition) is 3. The standard InChI is InChI=1S/C17H18N2O3/c1-3-22-17(21)19-9-8-13-12-6-4-5-7-14(12)18-16(13)15(19)10-11(2)20/h4-9,15,18H,3,10H2,1-2H3. The molecule has 0 saturated carbocycles. The van der Waals surface area contributed by atoms with Crippen LogP contribution in [-0.2, 0) is 9.53 Å². The van der Waals surface area contributed by atoms with Crippen molar-refractivity contribution in [1.29, 1.82) is 0 Å². The fourth-order valence-corrected chi connectivity index (χ4v) is 2.88. The van der Waals surface area contributed by atoms with Crippen LogP contribution in [0.1, 0.15) is 37.6 Å². The first-order valence-electron chi connectivity index (χ1n) is 7.35. The van der Waals surface area contributed by atoms with Gasteiger partial charge in [0.05, 0.1) is 12.6 Å². The van der Waals surface area contributed by atoms with Crippen molar-refractivity contribution in [3.8, 4) is 0 Å². The molecule has 0 fully saturated rings. The highest BCUT2D eigenvalue weighted by atomic mass is 16.6. The van der Waals surface area contributed by atoms with Gasteiger partial charge in [0.25, 0.3) is 0 Å². The Bertz CT molecular complexity index is 760. The van der Waals surface area contributed by atoms with Crippen LogP contribution in [0.25, 0.3) is 17.0 Å². The zero-order chi connectivity index (χ0) is 15.7. The molecule has 22 heavy (non-hydrogen) atoms. The molecule has 0 aliphatic carbocycles. The molecule has 1 atom stereocenters. The number of rotatable bonds is 3. The number of nitrogens with zero attached hydrogens (tertiary/aromatic N) is 1. The summed E-state index contributed by atoms with van der Waals surface area (Å²) in [6, 6.07) is 7.59. The van der Waals surface area contributed by atoms with Crippen LogP contribution in [0.5, 0.6) is 0 Å². The van der Waals surface area contributed by atoms with Crippen LogP contribution in [-0.4, -0.2) is 28.4 Å². The van der Waals surface area contributed by atoms with Gasteiger partial charge >= 0.3 is 6.09 Å². The van der Waals surface area contributed by atoms with Crippen LogP contribution in [0.2, 0.25) is 0 Å². The van der Waals surface area contributed by atoms with Gasteiger partial charge in [-0.2, -0.15) is 0 Å². The van der Waals surface area contributed by atoms with Crippen LogP contribution in [0, 0.1) is 0 Å². The molecule has 2 heterocycles. The molecule has 1 aliphatic heterocycles. The summed E-state index contributed by atoms with van der Waals surface area (Å²) in [6.07, 6.45) is 3.41. The van der Waals surface area contributed by atoms with Crippen molar-refractivity contribution in [2.45, 2.75) is 26.3 Å². The van der Waals surface area contributed by atoms with Gasteiger partial charge in [-0.15, -0.1) is 0 Å². The molecule has 5 heteroatoms. The molecule has 1 amide bonds. The number of carbonyl (C=O) groups is 2. The molecule has 1 aromatic heterocycles. The van der Waals surface area contributed by atoms with E-state index in [-0.39, 0.29) is 18.2 Å². The summed E-state index contributed by atoms with van der Waals surface area (Å²) in [5.74, 6) is 0.0270. The lowest BCUT2D eigenvalue weighted by Gasteiger charge is -2.30. The number of para-hydroxylation sites is 1. The summed E-state index contributed by atoms with van der Waals surface area (Å²) in [4.78, 5) is 28.6. The molecular formula is C17H18N2O3. The number of Topliss-reactive ketones (excluding diaryl/α,β-unsaturated/α-hetero) is 1. The summed E-state index contributed by atoms with van der Waals surface area (Å²) in [6.45, 7) is 3.60. The lowest BCUT2D eigenvalue weighted by atomic mass is 9.98. The first-order chi connectivity index (χ1) is 10.6. The second-order valence-corrected chi connectivity index (χ2v) is 5.34. The lowest BCUT2D eigenvalue weighted by molar-refractivity contribution is -0.118. The van der Waals surface area contributed by atoms with Gasteiger partial charge in [0, 0.05) is 34.8 Å². The van der Waals surface area contributed by atoms with Gasteiger partial charge in [0.2, 0.25) is 0 Å².